The second kappa shape index (κ2) is 12.2. The maximum atomic E-state index is 4.30. The highest BCUT2D eigenvalue weighted by Gasteiger charge is 2.13. The molecule has 0 radical (unpaired) electrons. The molecule has 21 heavy (non-hydrogen) atoms. The van der Waals surface area contributed by atoms with Crippen LogP contribution in [0.3, 0.4) is 0 Å². The van der Waals surface area contributed by atoms with Crippen LogP contribution in [0.4, 0.5) is 0 Å². The molecule has 0 aromatic carbocycles. The second-order valence-corrected chi connectivity index (χ2v) is 7.03. The molecule has 5 heteroatoms. The molecule has 1 atom stereocenters. The summed E-state index contributed by atoms with van der Waals surface area (Å²) in [5.74, 6) is 2.86. The minimum Gasteiger partial charge on any atom is -0.356 e. The molecule has 1 aliphatic heterocycles. The zero-order valence-electron chi connectivity index (χ0n) is 14.2. The number of piperidine rings is 1. The Morgan fingerprint density at radius 2 is 1.95 bits per heavy atom. The number of thioether (sulfide) groups is 1. The number of rotatable bonds is 9. The largest absolute Gasteiger partial charge is 0.356 e. The van der Waals surface area contributed by atoms with Crippen LogP contribution in [0.1, 0.15) is 39.0 Å². The monoisotopic (exact) mass is 314 g/mol. The number of likely N-dealkylation sites (tertiary alicyclic amines) is 1. The summed E-state index contributed by atoms with van der Waals surface area (Å²) in [5.41, 5.74) is 0. The van der Waals surface area contributed by atoms with Gasteiger partial charge in [0, 0.05) is 26.7 Å². The standard InChI is InChI=1S/C16H34N4S/c1-15(14-20-10-6-4-7-11-20)13-19-16(17-2)18-9-5-8-12-21-3/h15H,4-14H2,1-3H3,(H2,17,18,19). The second-order valence-electron chi connectivity index (χ2n) is 6.05. The van der Waals surface area contributed by atoms with E-state index in [9.17, 15) is 0 Å². The number of hydrogen-bond acceptors (Lipinski definition) is 3. The summed E-state index contributed by atoms with van der Waals surface area (Å²) >= 11 is 1.92. The highest BCUT2D eigenvalue weighted by Crippen LogP contribution is 2.10. The van der Waals surface area contributed by atoms with E-state index in [4.69, 9.17) is 0 Å². The number of guanidine groups is 1. The van der Waals surface area contributed by atoms with Crippen molar-refractivity contribution in [2.24, 2.45) is 10.9 Å². The molecule has 1 rings (SSSR count). The van der Waals surface area contributed by atoms with Crippen molar-refractivity contribution in [2.45, 2.75) is 39.0 Å². The van der Waals surface area contributed by atoms with Crippen molar-refractivity contribution in [2.75, 3.05) is 51.8 Å². The summed E-state index contributed by atoms with van der Waals surface area (Å²) in [5, 5.41) is 6.86. The lowest BCUT2D eigenvalue weighted by Crippen LogP contribution is -2.42. The van der Waals surface area contributed by atoms with Crippen LogP contribution in [0.5, 0.6) is 0 Å². The maximum absolute atomic E-state index is 4.30. The lowest BCUT2D eigenvalue weighted by molar-refractivity contribution is 0.201. The van der Waals surface area contributed by atoms with E-state index in [1.54, 1.807) is 0 Å². The van der Waals surface area contributed by atoms with Gasteiger partial charge in [0.15, 0.2) is 5.96 Å². The highest BCUT2D eigenvalue weighted by atomic mass is 32.2. The van der Waals surface area contributed by atoms with Gasteiger partial charge in [0.2, 0.25) is 0 Å². The van der Waals surface area contributed by atoms with Crippen molar-refractivity contribution >= 4 is 17.7 Å². The van der Waals surface area contributed by atoms with Gasteiger partial charge in [-0.15, -0.1) is 0 Å². The number of aliphatic imine (C=N–C) groups is 1. The van der Waals surface area contributed by atoms with Gasteiger partial charge in [0.05, 0.1) is 0 Å². The molecular weight excluding hydrogens is 280 g/mol. The predicted octanol–water partition coefficient (Wildman–Crippen LogP) is 2.42. The summed E-state index contributed by atoms with van der Waals surface area (Å²) in [6.07, 6.45) is 8.81. The molecule has 1 heterocycles. The Hall–Kier alpha value is -0.420. The topological polar surface area (TPSA) is 39.7 Å². The van der Waals surface area contributed by atoms with Crippen molar-refractivity contribution in [3.8, 4) is 0 Å². The van der Waals surface area contributed by atoms with E-state index in [-0.39, 0.29) is 0 Å². The Kier molecular flexibility index (Phi) is 10.8. The first-order valence-electron chi connectivity index (χ1n) is 8.42. The van der Waals surface area contributed by atoms with Gasteiger partial charge < -0.3 is 15.5 Å². The third-order valence-electron chi connectivity index (χ3n) is 3.93. The van der Waals surface area contributed by atoms with Crippen LogP contribution in [-0.2, 0) is 0 Å². The van der Waals surface area contributed by atoms with Crippen LogP contribution >= 0.6 is 11.8 Å². The van der Waals surface area contributed by atoms with Crippen molar-refractivity contribution in [1.82, 2.24) is 15.5 Å². The molecule has 1 unspecified atom stereocenters. The van der Waals surface area contributed by atoms with Gasteiger partial charge in [0.1, 0.15) is 0 Å². The fraction of sp³-hybridized carbons (Fsp3) is 0.938. The zero-order chi connectivity index (χ0) is 15.3. The number of nitrogens with zero attached hydrogens (tertiary/aromatic N) is 2. The molecule has 0 aromatic rings. The molecule has 0 saturated carbocycles. The van der Waals surface area contributed by atoms with E-state index in [2.05, 4.69) is 33.7 Å². The van der Waals surface area contributed by atoms with E-state index < -0.39 is 0 Å². The number of unbranched alkanes of at least 4 members (excludes halogenated alkanes) is 1. The Morgan fingerprint density at radius 3 is 2.62 bits per heavy atom. The minimum absolute atomic E-state index is 0.665. The highest BCUT2D eigenvalue weighted by molar-refractivity contribution is 7.98. The molecule has 0 aliphatic carbocycles. The molecule has 1 saturated heterocycles. The minimum atomic E-state index is 0.665. The van der Waals surface area contributed by atoms with Gasteiger partial charge in [-0.2, -0.15) is 11.8 Å². The van der Waals surface area contributed by atoms with Crippen molar-refractivity contribution in [3.05, 3.63) is 0 Å². The predicted molar refractivity (Wildman–Crippen MR) is 96.4 cm³/mol. The first kappa shape index (κ1) is 18.6. The first-order valence-corrected chi connectivity index (χ1v) is 9.81. The molecule has 1 aliphatic rings. The van der Waals surface area contributed by atoms with Gasteiger partial charge in [-0.1, -0.05) is 13.3 Å². The van der Waals surface area contributed by atoms with Gasteiger partial charge >= 0.3 is 0 Å². The Morgan fingerprint density at radius 1 is 1.19 bits per heavy atom. The fourth-order valence-corrected chi connectivity index (χ4v) is 3.21. The van der Waals surface area contributed by atoms with Crippen molar-refractivity contribution in [3.63, 3.8) is 0 Å². The van der Waals surface area contributed by atoms with E-state index in [1.807, 2.05) is 18.8 Å². The van der Waals surface area contributed by atoms with Crippen LogP contribution in [0.25, 0.3) is 0 Å². The average molecular weight is 315 g/mol. The van der Waals surface area contributed by atoms with E-state index >= 15 is 0 Å². The van der Waals surface area contributed by atoms with Crippen LogP contribution in [0, 0.1) is 5.92 Å². The first-order chi connectivity index (χ1) is 10.3. The Balaban J connectivity index is 2.09. The van der Waals surface area contributed by atoms with Gasteiger partial charge in [-0.05, 0) is 56.7 Å². The van der Waals surface area contributed by atoms with Gasteiger partial charge in [0.25, 0.3) is 0 Å². The van der Waals surface area contributed by atoms with E-state index in [0.717, 1.165) is 19.0 Å². The molecule has 0 amide bonds. The van der Waals surface area contributed by atoms with Crippen LogP contribution in [-0.4, -0.2) is 62.6 Å². The average Bonchev–Trinajstić information content (AvgIpc) is 2.51. The van der Waals surface area contributed by atoms with Crippen LogP contribution in [0.2, 0.25) is 0 Å². The molecule has 0 spiro atoms. The normalized spacial score (nSPS) is 18.5. The number of hydrogen-bond donors (Lipinski definition) is 2. The molecule has 0 aromatic heterocycles. The van der Waals surface area contributed by atoms with E-state index in [0.29, 0.717) is 5.92 Å². The smallest absolute Gasteiger partial charge is 0.190 e. The molecular formula is C16H34N4S. The summed E-state index contributed by atoms with van der Waals surface area (Å²) < 4.78 is 0. The summed E-state index contributed by atoms with van der Waals surface area (Å²) in [4.78, 5) is 6.91. The third-order valence-corrected chi connectivity index (χ3v) is 4.62. The van der Waals surface area contributed by atoms with Crippen molar-refractivity contribution < 1.29 is 0 Å². The van der Waals surface area contributed by atoms with Crippen LogP contribution in [0.15, 0.2) is 4.99 Å². The Bertz CT molecular complexity index is 277. The summed E-state index contributed by atoms with van der Waals surface area (Å²) in [6.45, 7) is 8.12. The SMILES string of the molecule is CN=C(NCCCCSC)NCC(C)CN1CCCCC1. The van der Waals surface area contributed by atoms with Gasteiger partial charge in [-0.3, -0.25) is 4.99 Å². The fourth-order valence-electron chi connectivity index (χ4n) is 2.72. The lowest BCUT2D eigenvalue weighted by atomic mass is 10.1. The molecule has 124 valence electrons. The molecule has 1 fully saturated rings. The molecule has 2 N–H and O–H groups in total. The summed E-state index contributed by atoms with van der Waals surface area (Å²) in [7, 11) is 1.85. The maximum Gasteiger partial charge on any atom is 0.190 e. The van der Waals surface area contributed by atoms with Crippen molar-refractivity contribution in [1.29, 1.82) is 0 Å². The molecule has 0 bridgehead atoms. The Labute approximate surface area is 135 Å². The van der Waals surface area contributed by atoms with Gasteiger partial charge in [-0.25, -0.2) is 0 Å². The molecule has 4 nitrogen and oxygen atoms in total. The third kappa shape index (κ3) is 9.25. The van der Waals surface area contributed by atoms with E-state index in [1.165, 1.54) is 57.5 Å². The summed E-state index contributed by atoms with van der Waals surface area (Å²) in [6, 6.07) is 0. The zero-order valence-corrected chi connectivity index (χ0v) is 15.0. The quantitative estimate of drug-likeness (QED) is 0.389. The van der Waals surface area contributed by atoms with Crippen LogP contribution < -0.4 is 10.6 Å². The lowest BCUT2D eigenvalue weighted by Gasteiger charge is -2.29. The number of nitrogens with one attached hydrogen (secondary N) is 2.